The van der Waals surface area contributed by atoms with E-state index < -0.39 is 169 Å². The smallest absolute Gasteiger partial charge is 0.211 e. The molecule has 0 radical (unpaired) electrons. The SMILES string of the molecule is CS(=O)(=O)N1CC2CCN([C@H]3CO[C@H](c4cc(F)ccc4F)[C@@H](N)C3)C2C1.CS(=O)(=O)N1CC2CCN([C@H]3CO[C@H](c4cc(F)ccc4F)[C@@H](N)C3)CC2C1.CS(=O)(=O)N1CCC2(CCN([C@H]3CO[C@H](c4cc(F)ccc4F)[C@@H](N)C3)C2)CC1.CS(=O)(=O)N1CCC2CN([C@H]3CO[C@H](c4cc(F)ccc4F)[C@@H](N)C3)CC21.N[C@H]1C[C@@H](N2CC3=C(C2)CS(=O)(=O)C3)CO[C@@H]1c1cc(F)ccc1F. The molecule has 15 aliphatic rings. The number of sulfonamides is 4. The molecule has 0 aromatic heterocycles. The number of nitrogens with zero attached hydrogens (tertiary/aromatic N) is 9. The lowest BCUT2D eigenvalue weighted by Gasteiger charge is -2.44. The van der Waals surface area contributed by atoms with Crippen molar-refractivity contribution in [1.29, 1.82) is 0 Å². The van der Waals surface area contributed by atoms with Crippen molar-refractivity contribution in [2.75, 3.05) is 174 Å². The van der Waals surface area contributed by atoms with E-state index >= 15 is 0 Å². The van der Waals surface area contributed by atoms with Crippen molar-refractivity contribution in [3.63, 3.8) is 0 Å². The monoisotopic (exact) mass is 2020 g/mol. The van der Waals surface area contributed by atoms with E-state index in [9.17, 15) is 86.0 Å². The summed E-state index contributed by atoms with van der Waals surface area (Å²) in [5.41, 5.74) is 34.3. The molecule has 136 heavy (non-hydrogen) atoms. The van der Waals surface area contributed by atoms with E-state index in [1.807, 2.05) is 0 Å². The maximum absolute atomic E-state index is 14.1. The van der Waals surface area contributed by atoms with Gasteiger partial charge in [0.1, 0.15) is 88.7 Å². The van der Waals surface area contributed by atoms with Crippen LogP contribution in [-0.2, 0) is 73.6 Å². The molecule has 10 N–H and O–H groups in total. The average molecular weight is 2020 g/mol. The first kappa shape index (κ1) is 103. The van der Waals surface area contributed by atoms with Crippen LogP contribution < -0.4 is 28.7 Å². The van der Waals surface area contributed by atoms with Gasteiger partial charge in [-0.2, -0.15) is 4.31 Å². The number of halogens is 10. The number of ether oxygens (including phenoxy) is 5. The Hall–Kier alpha value is -5.87. The quantitative estimate of drug-likeness (QED) is 0.0581. The average Bonchev–Trinajstić information content (AvgIpc) is 1.65. The second-order valence-electron chi connectivity index (χ2n) is 40.2. The van der Waals surface area contributed by atoms with E-state index in [0.717, 1.165) is 174 Å². The molecule has 0 saturated carbocycles. The molecule has 754 valence electrons. The van der Waals surface area contributed by atoms with Gasteiger partial charge in [0.05, 0.1) is 69.6 Å². The highest BCUT2D eigenvalue weighted by Crippen LogP contribution is 2.47. The van der Waals surface area contributed by atoms with E-state index in [4.69, 9.17) is 52.4 Å². The first-order valence-corrected chi connectivity index (χ1v) is 56.0. The first-order chi connectivity index (χ1) is 64.2. The third kappa shape index (κ3) is 23.6. The van der Waals surface area contributed by atoms with Gasteiger partial charge < -0.3 is 52.4 Å². The summed E-state index contributed by atoms with van der Waals surface area (Å²) in [4.78, 5) is 11.4. The van der Waals surface area contributed by atoms with Crippen molar-refractivity contribution in [3.8, 4) is 0 Å². The number of sulfone groups is 1. The Morgan fingerprint density at radius 2 is 0.669 bits per heavy atom. The lowest BCUT2D eigenvalue weighted by molar-refractivity contribution is -0.0616. The highest BCUT2D eigenvalue weighted by atomic mass is 32.2. The number of hydrogen-bond donors (Lipinski definition) is 5. The minimum atomic E-state index is -3.20. The molecule has 0 aliphatic carbocycles. The maximum Gasteiger partial charge on any atom is 0.211 e. The summed E-state index contributed by atoms with van der Waals surface area (Å²) in [6.07, 6.45) is 10.3. The summed E-state index contributed by atoms with van der Waals surface area (Å²) >= 11 is 0. The van der Waals surface area contributed by atoms with Gasteiger partial charge in [-0.05, 0) is 221 Å². The molecular weight excluding hydrogens is 1890 g/mol. The Bertz CT molecular complexity index is 5760. The highest BCUT2D eigenvalue weighted by molar-refractivity contribution is 7.92. The van der Waals surface area contributed by atoms with E-state index in [2.05, 4.69) is 24.5 Å². The Labute approximate surface area is 790 Å². The van der Waals surface area contributed by atoms with Gasteiger partial charge in [-0.3, -0.25) is 24.5 Å². The molecule has 29 nitrogen and oxygen atoms in total. The van der Waals surface area contributed by atoms with Crippen molar-refractivity contribution in [2.24, 2.45) is 57.8 Å². The Kier molecular flexibility index (Phi) is 31.7. The van der Waals surface area contributed by atoms with Crippen molar-refractivity contribution >= 4 is 49.9 Å². The van der Waals surface area contributed by atoms with Crippen LogP contribution >= 0.6 is 0 Å². The molecule has 1 spiro atoms. The fourth-order valence-electron chi connectivity index (χ4n) is 23.7. The summed E-state index contributed by atoms with van der Waals surface area (Å²) in [6, 6.07) is 15.0. The molecule has 0 bridgehead atoms. The molecule has 20 rings (SSSR count). The molecule has 5 aromatic carbocycles. The van der Waals surface area contributed by atoms with Crippen LogP contribution in [0.25, 0.3) is 0 Å². The van der Waals surface area contributed by atoms with Crippen LogP contribution in [0.3, 0.4) is 0 Å². The number of hydrogen-bond acceptors (Lipinski definition) is 25. The zero-order chi connectivity index (χ0) is 97.3. The van der Waals surface area contributed by atoms with Crippen molar-refractivity contribution < 1.29 is 110 Å². The molecular formula is C92H126F10N14O15S5. The first-order valence-electron chi connectivity index (χ1n) is 46.7. The predicted octanol–water partition coefficient (Wildman–Crippen LogP) is 6.54. The molecule has 15 heterocycles. The molecule has 44 heteroatoms. The lowest BCUT2D eigenvalue weighted by atomic mass is 9.78. The third-order valence-corrected chi connectivity index (χ3v) is 37.6. The minimum absolute atomic E-state index is 0.00890. The van der Waals surface area contributed by atoms with Gasteiger partial charge in [-0.15, -0.1) is 0 Å². The highest BCUT2D eigenvalue weighted by Gasteiger charge is 2.53. The molecule has 5 aromatic rings. The largest absolute Gasteiger partial charge is 0.370 e. The van der Waals surface area contributed by atoms with Crippen LogP contribution in [0, 0.1) is 87.3 Å². The van der Waals surface area contributed by atoms with Gasteiger partial charge in [0.2, 0.25) is 40.1 Å². The van der Waals surface area contributed by atoms with Crippen LogP contribution in [0.4, 0.5) is 43.9 Å². The zero-order valence-corrected chi connectivity index (χ0v) is 80.8. The number of fused-ring (bicyclic) bond motifs is 3. The fraction of sp³-hybridized carbons (Fsp3) is 0.652. The Morgan fingerprint density at radius 1 is 0.338 bits per heavy atom. The number of likely N-dealkylation sites (tertiary alicyclic amines) is 4. The predicted molar refractivity (Wildman–Crippen MR) is 488 cm³/mol. The minimum Gasteiger partial charge on any atom is -0.370 e. The molecule has 13 fully saturated rings. The van der Waals surface area contributed by atoms with Crippen LogP contribution in [-0.4, -0.2) is 331 Å². The van der Waals surface area contributed by atoms with Crippen molar-refractivity contribution in [2.45, 2.75) is 174 Å². The fourth-order valence-corrected chi connectivity index (χ4v) is 29.3. The van der Waals surface area contributed by atoms with E-state index in [1.54, 1.807) is 17.2 Å². The van der Waals surface area contributed by atoms with Gasteiger partial charge in [0.15, 0.2) is 9.84 Å². The molecule has 21 atom stereocenters. The van der Waals surface area contributed by atoms with Crippen LogP contribution in [0.15, 0.2) is 102 Å². The molecule has 13 saturated heterocycles. The van der Waals surface area contributed by atoms with Gasteiger partial charge in [0.25, 0.3) is 0 Å². The number of rotatable bonds is 14. The zero-order valence-electron chi connectivity index (χ0n) is 76.7. The van der Waals surface area contributed by atoms with Crippen LogP contribution in [0.2, 0.25) is 0 Å². The third-order valence-electron chi connectivity index (χ3n) is 30.9. The van der Waals surface area contributed by atoms with Crippen LogP contribution in [0.5, 0.6) is 0 Å². The summed E-state index contributed by atoms with van der Waals surface area (Å²) in [5, 5.41) is 0. The summed E-state index contributed by atoms with van der Waals surface area (Å²) < 4.78 is 292. The number of piperidine rings is 2. The second kappa shape index (κ2) is 41.8. The summed E-state index contributed by atoms with van der Waals surface area (Å²) in [6.45, 7) is 13.0. The van der Waals surface area contributed by atoms with Gasteiger partial charge in [-0.25, -0.2) is 98.9 Å². The second-order valence-corrected chi connectivity index (χ2v) is 50.1. The maximum atomic E-state index is 14.1. The van der Waals surface area contributed by atoms with Crippen molar-refractivity contribution in [1.82, 2.24) is 41.7 Å². The molecule has 0 amide bonds. The Morgan fingerprint density at radius 3 is 1.07 bits per heavy atom. The number of benzene rings is 5. The normalized spacial score (nSPS) is 33.9. The molecule has 15 aliphatic heterocycles. The van der Waals surface area contributed by atoms with E-state index in [1.165, 1.54) is 31.1 Å². The van der Waals surface area contributed by atoms with E-state index in [-0.39, 0.29) is 87.0 Å². The topological polar surface area (TPSA) is 376 Å². The lowest BCUT2D eigenvalue weighted by Crippen LogP contribution is -2.53. The van der Waals surface area contributed by atoms with Crippen LogP contribution in [0.1, 0.15) is 129 Å². The molecule has 6 unspecified atom stereocenters. The standard InChI is InChI=1S/C20H29F2N3O3S.C19H27F2N3O3S.2C18H25F2N3O3S.C17H20F2N2O3S/c1-29(26,27)25-8-5-20(6-9-25)4-7-24(13-20)15-11-18(23)19(28-12-15)16-10-14(21)2-3-17(16)22;1-28(25,26)24-9-12-4-5-23(8-13(12)10-24)15-7-18(22)19(27-11-15)16-6-14(20)2-3-17(16)21;1-27(24,25)22-8-11-4-5-23(17(11)9-22)13-7-16(21)18(26-10-13)14-6-12(19)2-3-15(14)20;1-27(24,25)23-5-4-11-8-22(9-17(11)23)13-7-16(21)18(26-10-13)14-6-12(19)2-3-15(14)20;18-12-1-2-15(19)14(3-12)17-16(20)4-13(7-24-17)21-5-10-8-25(22,23)9-11(10)6-21/h2-3,10,15,18-19H,4-9,11-13,23H2,1H3;2-3,6,12-13,15,18-19H,4-5,7-11,22H2,1H3;2*2-3,6,11,13,16-18H,4-5,7-10,21H2,1H3;1-3,13,16-17H,4-9,20H2/t15-,18+,19-;12?,13?,15-,18+,19-;2*11?,13-,16+,17?,18-;13-,16+,17-/m11111/s1. The van der Waals surface area contributed by atoms with Crippen molar-refractivity contribution in [3.05, 3.63) is 188 Å². The summed E-state index contributed by atoms with van der Waals surface area (Å²) in [5.74, 6) is -3.44. The van der Waals surface area contributed by atoms with Gasteiger partial charge >= 0.3 is 0 Å². The van der Waals surface area contributed by atoms with Gasteiger partial charge in [0, 0.05) is 185 Å². The number of nitrogens with two attached hydrogens (primary N) is 5. The van der Waals surface area contributed by atoms with Gasteiger partial charge in [-0.1, -0.05) is 0 Å². The summed E-state index contributed by atoms with van der Waals surface area (Å²) in [7, 11) is -15.6. The van der Waals surface area contributed by atoms with E-state index in [0.29, 0.717) is 154 Å². The Balaban J connectivity index is 0.000000123.